The lowest BCUT2D eigenvalue weighted by molar-refractivity contribution is -0.144. The van der Waals surface area contributed by atoms with Crippen LogP contribution >= 0.6 is 0 Å². The van der Waals surface area contributed by atoms with E-state index in [2.05, 4.69) is 9.72 Å². The third-order valence-electron chi connectivity index (χ3n) is 2.51. The van der Waals surface area contributed by atoms with Gasteiger partial charge in [0.05, 0.1) is 18.6 Å². The number of rotatable bonds is 6. The van der Waals surface area contributed by atoms with Gasteiger partial charge in [-0.1, -0.05) is 0 Å². The van der Waals surface area contributed by atoms with E-state index in [4.69, 9.17) is 0 Å². The number of nitrogens with zero attached hydrogens (tertiary/aromatic N) is 1. The Bertz CT molecular complexity index is 486. The van der Waals surface area contributed by atoms with Gasteiger partial charge in [0.1, 0.15) is 5.78 Å². The van der Waals surface area contributed by atoms with Gasteiger partial charge in [-0.2, -0.15) is 13.2 Å². The monoisotopic (exact) mass is 289 g/mol. The van der Waals surface area contributed by atoms with Crippen molar-refractivity contribution in [2.45, 2.75) is 32.4 Å². The first kappa shape index (κ1) is 16.1. The van der Waals surface area contributed by atoms with Crippen LogP contribution in [0, 0.1) is 0 Å². The van der Waals surface area contributed by atoms with E-state index >= 15 is 0 Å². The zero-order valence-corrected chi connectivity index (χ0v) is 10.9. The Labute approximate surface area is 114 Å². The number of aromatic nitrogens is 1. The molecule has 1 heterocycles. The highest BCUT2D eigenvalue weighted by molar-refractivity contribution is 5.84. The smallest absolute Gasteiger partial charge is 0.416 e. The molecule has 0 radical (unpaired) electrons. The zero-order valence-electron chi connectivity index (χ0n) is 10.9. The first-order chi connectivity index (χ1) is 9.34. The van der Waals surface area contributed by atoms with Gasteiger partial charge >= 0.3 is 12.1 Å². The molecule has 0 fully saturated rings. The summed E-state index contributed by atoms with van der Waals surface area (Å²) in [6, 6.07) is 0.827. The third-order valence-corrected chi connectivity index (χ3v) is 2.51. The quantitative estimate of drug-likeness (QED) is 0.755. The summed E-state index contributed by atoms with van der Waals surface area (Å²) in [7, 11) is 0. The van der Waals surface area contributed by atoms with Gasteiger partial charge in [0.25, 0.3) is 0 Å². The van der Waals surface area contributed by atoms with Crippen LogP contribution in [0.5, 0.6) is 0 Å². The lowest BCUT2D eigenvalue weighted by Gasteiger charge is -2.11. The van der Waals surface area contributed by atoms with Crippen molar-refractivity contribution in [1.82, 2.24) is 4.98 Å². The summed E-state index contributed by atoms with van der Waals surface area (Å²) >= 11 is 0. The molecule has 0 saturated heterocycles. The Morgan fingerprint density at radius 1 is 1.30 bits per heavy atom. The SMILES string of the molecule is CCOC(=O)CCC(=O)Cc1cnccc1C(F)(F)F. The molecule has 0 atom stereocenters. The molecule has 0 amide bonds. The van der Waals surface area contributed by atoms with Crippen LogP contribution in [0.3, 0.4) is 0 Å². The highest BCUT2D eigenvalue weighted by Crippen LogP contribution is 2.31. The predicted molar refractivity (Wildman–Crippen MR) is 63.8 cm³/mol. The maximum Gasteiger partial charge on any atom is 0.416 e. The Kier molecular flexibility index (Phi) is 5.66. The summed E-state index contributed by atoms with van der Waals surface area (Å²) in [6.45, 7) is 1.83. The number of alkyl halides is 3. The van der Waals surface area contributed by atoms with Crippen LogP contribution in [0.4, 0.5) is 13.2 Å². The molecule has 0 aliphatic heterocycles. The molecular weight excluding hydrogens is 275 g/mol. The first-order valence-corrected chi connectivity index (χ1v) is 6.02. The van der Waals surface area contributed by atoms with Crippen molar-refractivity contribution in [2.24, 2.45) is 0 Å². The molecule has 0 aromatic carbocycles. The second kappa shape index (κ2) is 7.02. The molecule has 20 heavy (non-hydrogen) atoms. The Morgan fingerprint density at radius 2 is 2.00 bits per heavy atom. The topological polar surface area (TPSA) is 56.3 Å². The molecule has 0 aliphatic carbocycles. The molecule has 0 aliphatic rings. The van der Waals surface area contributed by atoms with Crippen molar-refractivity contribution in [2.75, 3.05) is 6.61 Å². The minimum absolute atomic E-state index is 0.131. The number of hydrogen-bond donors (Lipinski definition) is 0. The van der Waals surface area contributed by atoms with E-state index in [1.54, 1.807) is 6.92 Å². The number of esters is 1. The number of halogens is 3. The van der Waals surface area contributed by atoms with E-state index in [0.29, 0.717) is 0 Å². The number of pyridine rings is 1. The number of hydrogen-bond acceptors (Lipinski definition) is 4. The van der Waals surface area contributed by atoms with E-state index in [1.807, 2.05) is 0 Å². The molecule has 0 N–H and O–H groups in total. The highest BCUT2D eigenvalue weighted by atomic mass is 19.4. The van der Waals surface area contributed by atoms with Gasteiger partial charge in [0.15, 0.2) is 0 Å². The average Bonchev–Trinajstić information content (AvgIpc) is 2.36. The Balaban J connectivity index is 2.65. The van der Waals surface area contributed by atoms with Crippen molar-refractivity contribution in [3.05, 3.63) is 29.6 Å². The maximum absolute atomic E-state index is 12.7. The van der Waals surface area contributed by atoms with Crippen LogP contribution in [-0.4, -0.2) is 23.3 Å². The van der Waals surface area contributed by atoms with Gasteiger partial charge in [0, 0.05) is 25.2 Å². The zero-order chi connectivity index (χ0) is 15.2. The van der Waals surface area contributed by atoms with Crippen LogP contribution in [0.1, 0.15) is 30.9 Å². The molecule has 0 unspecified atom stereocenters. The van der Waals surface area contributed by atoms with Gasteiger partial charge in [-0.15, -0.1) is 0 Å². The van der Waals surface area contributed by atoms with Gasteiger partial charge in [0.2, 0.25) is 0 Å². The molecule has 1 rings (SSSR count). The number of carbonyl (C=O) groups excluding carboxylic acids is 2. The van der Waals surface area contributed by atoms with Crippen LogP contribution < -0.4 is 0 Å². The lowest BCUT2D eigenvalue weighted by atomic mass is 10.0. The predicted octanol–water partition coefficient (Wildman–Crippen LogP) is 2.56. The van der Waals surface area contributed by atoms with Gasteiger partial charge in [-0.3, -0.25) is 14.6 Å². The summed E-state index contributed by atoms with van der Waals surface area (Å²) in [5, 5.41) is 0. The van der Waals surface area contributed by atoms with Crippen molar-refractivity contribution >= 4 is 11.8 Å². The minimum Gasteiger partial charge on any atom is -0.466 e. The Morgan fingerprint density at radius 3 is 2.60 bits per heavy atom. The molecule has 4 nitrogen and oxygen atoms in total. The maximum atomic E-state index is 12.7. The van der Waals surface area contributed by atoms with Crippen LogP contribution in [0.15, 0.2) is 18.5 Å². The van der Waals surface area contributed by atoms with Crippen molar-refractivity contribution in [1.29, 1.82) is 0 Å². The summed E-state index contributed by atoms with van der Waals surface area (Å²) < 4.78 is 42.7. The second-order valence-corrected chi connectivity index (χ2v) is 4.05. The minimum atomic E-state index is -4.53. The summed E-state index contributed by atoms with van der Waals surface area (Å²) in [5.41, 5.74) is -1.06. The summed E-state index contributed by atoms with van der Waals surface area (Å²) in [4.78, 5) is 26.2. The van der Waals surface area contributed by atoms with E-state index in [9.17, 15) is 22.8 Å². The third kappa shape index (κ3) is 4.99. The van der Waals surface area contributed by atoms with Gasteiger partial charge in [-0.25, -0.2) is 0 Å². The lowest BCUT2D eigenvalue weighted by Crippen LogP contribution is -2.14. The molecule has 0 spiro atoms. The number of carbonyl (C=O) groups is 2. The van der Waals surface area contributed by atoms with E-state index in [0.717, 1.165) is 18.5 Å². The molecular formula is C13H14F3NO3. The van der Waals surface area contributed by atoms with Gasteiger partial charge in [-0.05, 0) is 18.6 Å². The fourth-order valence-corrected chi connectivity index (χ4v) is 1.62. The van der Waals surface area contributed by atoms with Crippen LogP contribution in [0.25, 0.3) is 0 Å². The second-order valence-electron chi connectivity index (χ2n) is 4.05. The van der Waals surface area contributed by atoms with Gasteiger partial charge < -0.3 is 4.74 Å². The van der Waals surface area contributed by atoms with Crippen molar-refractivity contribution in [3.8, 4) is 0 Å². The van der Waals surface area contributed by atoms with Crippen molar-refractivity contribution in [3.63, 3.8) is 0 Å². The highest BCUT2D eigenvalue weighted by Gasteiger charge is 2.33. The molecule has 1 aromatic rings. The molecule has 0 saturated carbocycles. The molecule has 7 heteroatoms. The molecule has 1 aromatic heterocycles. The number of ether oxygens (including phenoxy) is 1. The van der Waals surface area contributed by atoms with E-state index < -0.39 is 29.9 Å². The standard InChI is InChI=1S/C13H14F3NO3/c1-2-20-12(19)4-3-10(18)7-9-8-17-6-5-11(9)13(14,15)16/h5-6,8H,2-4,7H2,1H3. The van der Waals surface area contributed by atoms with Crippen molar-refractivity contribution < 1.29 is 27.5 Å². The van der Waals surface area contributed by atoms with E-state index in [-0.39, 0.29) is 25.0 Å². The molecule has 110 valence electrons. The first-order valence-electron chi connectivity index (χ1n) is 6.02. The normalized spacial score (nSPS) is 11.2. The average molecular weight is 289 g/mol. The number of Topliss-reactive ketones (excluding diaryl/α,β-unsaturated/α-hetero) is 1. The fourth-order valence-electron chi connectivity index (χ4n) is 1.62. The summed E-state index contributed by atoms with van der Waals surface area (Å²) in [5.74, 6) is -1.00. The summed E-state index contributed by atoms with van der Waals surface area (Å²) in [6.07, 6.45) is -3.17. The van der Waals surface area contributed by atoms with Crippen LogP contribution in [-0.2, 0) is 26.9 Å². The Hall–Kier alpha value is -1.92. The van der Waals surface area contributed by atoms with Crippen LogP contribution in [0.2, 0.25) is 0 Å². The fraction of sp³-hybridized carbons (Fsp3) is 0.462. The molecule has 0 bridgehead atoms. The van der Waals surface area contributed by atoms with E-state index in [1.165, 1.54) is 0 Å². The number of ketones is 1. The largest absolute Gasteiger partial charge is 0.466 e.